The molecule has 2 N–H and O–H groups in total. The number of pyridine rings is 2. The zero-order valence-corrected chi connectivity index (χ0v) is 8.90. The second-order valence-electron chi connectivity index (χ2n) is 2.79. The van der Waals surface area contributed by atoms with Crippen LogP contribution in [0.5, 0.6) is 0 Å². The summed E-state index contributed by atoms with van der Waals surface area (Å²) in [5.41, 5.74) is 7.18. The third kappa shape index (κ3) is 1.90. The van der Waals surface area contributed by atoms with Crippen LogP contribution in [-0.4, -0.2) is 9.97 Å². The fourth-order valence-corrected chi connectivity index (χ4v) is 1.49. The molecule has 0 fully saturated rings. The molecule has 4 heteroatoms. The summed E-state index contributed by atoms with van der Waals surface area (Å²) in [5, 5.41) is 0. The normalized spacial score (nSPS) is 10.1. The Morgan fingerprint density at radius 2 is 1.57 bits per heavy atom. The third-order valence-electron chi connectivity index (χ3n) is 1.75. The maximum atomic E-state index is 5.58. The minimum absolute atomic E-state index is 0.504. The van der Waals surface area contributed by atoms with E-state index in [9.17, 15) is 0 Å². The zero-order chi connectivity index (χ0) is 9.97. The van der Waals surface area contributed by atoms with Crippen LogP contribution < -0.4 is 5.73 Å². The number of nitrogen functional groups attached to an aromatic ring is 1. The molecule has 0 aliphatic heterocycles. The first-order chi connectivity index (χ1) is 6.75. The van der Waals surface area contributed by atoms with E-state index in [0.717, 1.165) is 16.0 Å². The SMILES string of the molecule is Nc1cccc(-c2cccc(Br)n2)n1. The van der Waals surface area contributed by atoms with Crippen molar-refractivity contribution in [3.05, 3.63) is 41.0 Å². The number of hydrogen-bond acceptors (Lipinski definition) is 3. The molecule has 2 aromatic rings. The predicted octanol–water partition coefficient (Wildman–Crippen LogP) is 2.49. The molecule has 0 saturated carbocycles. The van der Waals surface area contributed by atoms with Gasteiger partial charge >= 0.3 is 0 Å². The van der Waals surface area contributed by atoms with Gasteiger partial charge in [-0.2, -0.15) is 0 Å². The van der Waals surface area contributed by atoms with Gasteiger partial charge in [-0.3, -0.25) is 0 Å². The highest BCUT2D eigenvalue weighted by atomic mass is 79.9. The Bertz CT molecular complexity index is 413. The number of anilines is 1. The summed E-state index contributed by atoms with van der Waals surface area (Å²) in [6.07, 6.45) is 0. The summed E-state index contributed by atoms with van der Waals surface area (Å²) in [5.74, 6) is 0.504. The Labute approximate surface area is 90.1 Å². The Morgan fingerprint density at radius 3 is 2.21 bits per heavy atom. The van der Waals surface area contributed by atoms with Gasteiger partial charge in [0.2, 0.25) is 0 Å². The maximum Gasteiger partial charge on any atom is 0.124 e. The lowest BCUT2D eigenvalue weighted by atomic mass is 10.2. The standard InChI is InChI=1S/C10H8BrN3/c11-9-5-1-3-7(13-9)8-4-2-6-10(12)14-8/h1-6H,(H2,12,14). The lowest BCUT2D eigenvalue weighted by molar-refractivity contribution is 1.23. The Kier molecular flexibility index (Phi) is 2.45. The molecule has 0 spiro atoms. The molecule has 0 amide bonds. The molecule has 0 saturated heterocycles. The topological polar surface area (TPSA) is 51.8 Å². The van der Waals surface area contributed by atoms with Crippen molar-refractivity contribution in [1.29, 1.82) is 0 Å². The largest absolute Gasteiger partial charge is 0.384 e. The molecule has 0 aliphatic carbocycles. The lowest BCUT2D eigenvalue weighted by Gasteiger charge is -2.00. The van der Waals surface area contributed by atoms with Gasteiger partial charge in [0.05, 0.1) is 11.4 Å². The predicted molar refractivity (Wildman–Crippen MR) is 59.6 cm³/mol. The lowest BCUT2D eigenvalue weighted by Crippen LogP contribution is -1.92. The van der Waals surface area contributed by atoms with Crippen LogP contribution in [0.1, 0.15) is 0 Å². The van der Waals surface area contributed by atoms with E-state index in [1.807, 2.05) is 30.3 Å². The summed E-state index contributed by atoms with van der Waals surface area (Å²) in [7, 11) is 0. The molecule has 2 rings (SSSR count). The average Bonchev–Trinajstić information content (AvgIpc) is 2.18. The van der Waals surface area contributed by atoms with E-state index in [1.54, 1.807) is 6.07 Å². The molecule has 0 aromatic carbocycles. The molecule has 0 atom stereocenters. The molecule has 0 unspecified atom stereocenters. The van der Waals surface area contributed by atoms with Crippen molar-refractivity contribution in [1.82, 2.24) is 9.97 Å². The number of nitrogens with zero attached hydrogens (tertiary/aromatic N) is 2. The number of rotatable bonds is 1. The molecule has 2 aromatic heterocycles. The van der Waals surface area contributed by atoms with Crippen LogP contribution in [-0.2, 0) is 0 Å². The molecule has 0 radical (unpaired) electrons. The summed E-state index contributed by atoms with van der Waals surface area (Å²) < 4.78 is 0.791. The summed E-state index contributed by atoms with van der Waals surface area (Å²) in [6.45, 7) is 0. The van der Waals surface area contributed by atoms with Crippen molar-refractivity contribution in [2.24, 2.45) is 0 Å². The number of aromatic nitrogens is 2. The summed E-state index contributed by atoms with van der Waals surface area (Å²) in [6, 6.07) is 11.2. The van der Waals surface area contributed by atoms with Crippen LogP contribution in [0.15, 0.2) is 41.0 Å². The van der Waals surface area contributed by atoms with E-state index in [2.05, 4.69) is 25.9 Å². The van der Waals surface area contributed by atoms with Crippen molar-refractivity contribution in [2.45, 2.75) is 0 Å². The van der Waals surface area contributed by atoms with Crippen LogP contribution >= 0.6 is 15.9 Å². The van der Waals surface area contributed by atoms with Gasteiger partial charge in [-0.15, -0.1) is 0 Å². The maximum absolute atomic E-state index is 5.58. The van der Waals surface area contributed by atoms with Crippen LogP contribution in [0, 0.1) is 0 Å². The number of hydrogen-bond donors (Lipinski definition) is 1. The Hall–Kier alpha value is -1.42. The van der Waals surface area contributed by atoms with Gasteiger partial charge in [0.25, 0.3) is 0 Å². The van der Waals surface area contributed by atoms with E-state index in [4.69, 9.17) is 5.73 Å². The monoisotopic (exact) mass is 249 g/mol. The molecule has 0 bridgehead atoms. The highest BCUT2D eigenvalue weighted by Crippen LogP contribution is 2.17. The highest BCUT2D eigenvalue weighted by molar-refractivity contribution is 9.10. The van der Waals surface area contributed by atoms with Crippen LogP contribution in [0.2, 0.25) is 0 Å². The molecular formula is C10H8BrN3. The molecular weight excluding hydrogens is 242 g/mol. The number of nitrogens with two attached hydrogens (primary N) is 1. The van der Waals surface area contributed by atoms with Gasteiger partial charge in [0.15, 0.2) is 0 Å². The molecule has 14 heavy (non-hydrogen) atoms. The average molecular weight is 250 g/mol. The van der Waals surface area contributed by atoms with Crippen molar-refractivity contribution in [3.63, 3.8) is 0 Å². The molecule has 0 aliphatic rings. The first-order valence-corrected chi connectivity index (χ1v) is 4.90. The molecule has 70 valence electrons. The van der Waals surface area contributed by atoms with Crippen LogP contribution in [0.3, 0.4) is 0 Å². The van der Waals surface area contributed by atoms with Gasteiger partial charge in [-0.05, 0) is 40.2 Å². The van der Waals surface area contributed by atoms with E-state index < -0.39 is 0 Å². The second kappa shape index (κ2) is 3.75. The van der Waals surface area contributed by atoms with Gasteiger partial charge in [-0.25, -0.2) is 9.97 Å². The van der Waals surface area contributed by atoms with E-state index in [-0.39, 0.29) is 0 Å². The van der Waals surface area contributed by atoms with Crippen LogP contribution in [0.4, 0.5) is 5.82 Å². The third-order valence-corrected chi connectivity index (χ3v) is 2.19. The fourth-order valence-electron chi connectivity index (χ4n) is 1.15. The van der Waals surface area contributed by atoms with E-state index in [1.165, 1.54) is 0 Å². The van der Waals surface area contributed by atoms with Crippen molar-refractivity contribution >= 4 is 21.7 Å². The van der Waals surface area contributed by atoms with Crippen molar-refractivity contribution < 1.29 is 0 Å². The summed E-state index contributed by atoms with van der Waals surface area (Å²) in [4.78, 5) is 8.46. The van der Waals surface area contributed by atoms with E-state index in [0.29, 0.717) is 5.82 Å². The Morgan fingerprint density at radius 1 is 0.929 bits per heavy atom. The molecule has 2 heterocycles. The summed E-state index contributed by atoms with van der Waals surface area (Å²) >= 11 is 3.31. The zero-order valence-electron chi connectivity index (χ0n) is 7.31. The fraction of sp³-hybridized carbons (Fsp3) is 0. The van der Waals surface area contributed by atoms with E-state index >= 15 is 0 Å². The minimum atomic E-state index is 0.504. The molecule has 3 nitrogen and oxygen atoms in total. The smallest absolute Gasteiger partial charge is 0.124 e. The quantitative estimate of drug-likeness (QED) is 0.791. The van der Waals surface area contributed by atoms with Crippen molar-refractivity contribution in [3.8, 4) is 11.4 Å². The first-order valence-electron chi connectivity index (χ1n) is 4.11. The minimum Gasteiger partial charge on any atom is -0.384 e. The van der Waals surface area contributed by atoms with Crippen molar-refractivity contribution in [2.75, 3.05) is 5.73 Å². The van der Waals surface area contributed by atoms with Gasteiger partial charge in [0.1, 0.15) is 10.4 Å². The van der Waals surface area contributed by atoms with Gasteiger partial charge in [0, 0.05) is 0 Å². The Balaban J connectivity index is 2.49. The first kappa shape index (κ1) is 9.15. The van der Waals surface area contributed by atoms with Gasteiger partial charge in [-0.1, -0.05) is 12.1 Å². The second-order valence-corrected chi connectivity index (χ2v) is 3.61. The van der Waals surface area contributed by atoms with Crippen LogP contribution in [0.25, 0.3) is 11.4 Å². The van der Waals surface area contributed by atoms with Gasteiger partial charge < -0.3 is 5.73 Å². The number of halogens is 1. The highest BCUT2D eigenvalue weighted by Gasteiger charge is 2.00.